The molecule has 0 saturated carbocycles. The van der Waals surface area contributed by atoms with Crippen LogP contribution in [0, 0.1) is 0 Å². The minimum atomic E-state index is -4.20. The van der Waals surface area contributed by atoms with Gasteiger partial charge in [0.25, 0.3) is 0 Å². The van der Waals surface area contributed by atoms with Gasteiger partial charge in [-0.3, -0.25) is 4.79 Å². The van der Waals surface area contributed by atoms with Gasteiger partial charge in [-0.1, -0.05) is 73.7 Å². The predicted octanol–water partition coefficient (Wildman–Crippen LogP) is 7.59. The summed E-state index contributed by atoms with van der Waals surface area (Å²) in [4.78, 5) is 13.2. The number of carbonyl (C=O) groups excluding carboxylic acids is 1. The van der Waals surface area contributed by atoms with Gasteiger partial charge in [-0.05, 0) is 65.2 Å². The summed E-state index contributed by atoms with van der Waals surface area (Å²) in [5, 5.41) is 8.44. The Labute approximate surface area is 300 Å². The number of hydrogen-bond donors (Lipinski definition) is 1. The number of benzene rings is 4. The Balaban J connectivity index is 1.54. The van der Waals surface area contributed by atoms with Gasteiger partial charge in [0.1, 0.15) is 18.2 Å². The van der Waals surface area contributed by atoms with Crippen LogP contribution >= 0.6 is 11.6 Å². The number of amides is 1. The summed E-state index contributed by atoms with van der Waals surface area (Å²) in [6, 6.07) is 25.8. The van der Waals surface area contributed by atoms with Crippen molar-refractivity contribution in [2.24, 2.45) is 0 Å². The highest BCUT2D eigenvalue weighted by Crippen LogP contribution is 2.32. The van der Waals surface area contributed by atoms with Gasteiger partial charge in [0.15, 0.2) is 0 Å². The largest absolute Gasteiger partial charge is 0.497 e. The van der Waals surface area contributed by atoms with Crippen molar-refractivity contribution < 1.29 is 27.4 Å². The minimum absolute atomic E-state index is 0.0124. The van der Waals surface area contributed by atoms with Crippen molar-refractivity contribution in [3.63, 3.8) is 0 Å². The summed E-state index contributed by atoms with van der Waals surface area (Å²) in [5.74, 6) is 0.989. The van der Waals surface area contributed by atoms with Gasteiger partial charge in [0.05, 0.1) is 31.1 Å². The molecule has 0 atom stereocenters. The molecule has 0 radical (unpaired) electrons. The van der Waals surface area contributed by atoms with Crippen LogP contribution in [0.1, 0.15) is 16.7 Å². The Morgan fingerprint density at radius 2 is 1.50 bits per heavy atom. The first-order valence-corrected chi connectivity index (χ1v) is 21.8. The number of fused-ring (bicyclic) bond motifs is 1. The smallest absolute Gasteiger partial charge is 0.244 e. The van der Waals surface area contributed by atoms with Gasteiger partial charge in [-0.25, -0.2) is 13.1 Å². The van der Waals surface area contributed by atoms with E-state index in [1.54, 1.807) is 73.6 Å². The highest BCUT2D eigenvalue weighted by atomic mass is 35.5. The molecule has 50 heavy (non-hydrogen) atoms. The van der Waals surface area contributed by atoms with Crippen LogP contribution in [0.4, 0.5) is 5.69 Å². The summed E-state index contributed by atoms with van der Waals surface area (Å²) >= 11 is 6.31. The van der Waals surface area contributed by atoms with Crippen molar-refractivity contribution >= 4 is 52.2 Å². The third-order valence-electron chi connectivity index (χ3n) is 8.10. The van der Waals surface area contributed by atoms with Crippen molar-refractivity contribution in [1.82, 2.24) is 14.1 Å². The molecular formula is C37H43ClN4O6SSi. The summed E-state index contributed by atoms with van der Waals surface area (Å²) in [5.41, 5.74) is 2.91. The van der Waals surface area contributed by atoms with Gasteiger partial charge in [0.2, 0.25) is 15.9 Å². The van der Waals surface area contributed by atoms with E-state index in [0.29, 0.717) is 45.3 Å². The molecule has 13 heteroatoms. The van der Waals surface area contributed by atoms with Crippen LogP contribution in [-0.2, 0) is 45.8 Å². The van der Waals surface area contributed by atoms with Crippen molar-refractivity contribution in [1.29, 1.82) is 0 Å². The van der Waals surface area contributed by atoms with E-state index in [4.69, 9.17) is 25.8 Å². The lowest BCUT2D eigenvalue weighted by Crippen LogP contribution is -2.30. The zero-order chi connectivity index (χ0) is 35.9. The average molecular weight is 735 g/mol. The van der Waals surface area contributed by atoms with Crippen molar-refractivity contribution in [2.75, 3.05) is 26.1 Å². The highest BCUT2D eigenvalue weighted by Gasteiger charge is 2.29. The van der Waals surface area contributed by atoms with E-state index >= 15 is 0 Å². The molecule has 0 saturated heterocycles. The molecular weight excluding hydrogens is 692 g/mol. The molecule has 0 bridgehead atoms. The van der Waals surface area contributed by atoms with Crippen molar-refractivity contribution in [2.45, 2.75) is 56.8 Å². The minimum Gasteiger partial charge on any atom is -0.497 e. The number of nitrogens with zero attached hydrogens (tertiary/aromatic N) is 3. The average Bonchev–Trinajstić information content (AvgIpc) is 3.50. The second kappa shape index (κ2) is 16.2. The molecule has 0 aliphatic rings. The first-order valence-electron chi connectivity index (χ1n) is 16.2. The van der Waals surface area contributed by atoms with Crippen LogP contribution in [0.25, 0.3) is 10.9 Å². The molecule has 0 aliphatic heterocycles. The van der Waals surface area contributed by atoms with Gasteiger partial charge in [-0.15, -0.1) is 0 Å². The molecule has 1 aromatic heterocycles. The van der Waals surface area contributed by atoms with E-state index < -0.39 is 18.1 Å². The number of rotatable bonds is 16. The molecule has 1 N–H and O–H groups in total. The lowest BCUT2D eigenvalue weighted by Gasteiger charge is -2.23. The molecule has 0 fully saturated rings. The lowest BCUT2D eigenvalue weighted by atomic mass is 10.1. The van der Waals surface area contributed by atoms with E-state index in [0.717, 1.165) is 17.2 Å². The van der Waals surface area contributed by atoms with Gasteiger partial charge >= 0.3 is 0 Å². The van der Waals surface area contributed by atoms with Crippen LogP contribution in [0.2, 0.25) is 30.7 Å². The van der Waals surface area contributed by atoms with E-state index in [1.165, 1.54) is 10.4 Å². The third-order valence-corrected chi connectivity index (χ3v) is 12.0. The predicted molar refractivity (Wildman–Crippen MR) is 200 cm³/mol. The van der Waals surface area contributed by atoms with Crippen LogP contribution < -0.4 is 14.8 Å². The Bertz CT molecular complexity index is 1980. The number of carbonyl (C=O) groups is 1. The maximum Gasteiger partial charge on any atom is 0.244 e. The second-order valence-electron chi connectivity index (χ2n) is 13.2. The normalized spacial score (nSPS) is 12.0. The van der Waals surface area contributed by atoms with Gasteiger partial charge < -0.3 is 19.5 Å². The zero-order valence-corrected chi connectivity index (χ0v) is 31.6. The Morgan fingerprint density at radius 1 is 0.900 bits per heavy atom. The fourth-order valence-corrected chi connectivity index (χ4v) is 7.87. The standard InChI is InChI=1S/C37H43ClN4O6SSi/c1-46-31-14-10-27(11-15-31)23-42(24-28-12-16-32(47-2)17-13-28)49(44,45)36-22-30(39-37(43)20-29-8-6-7-9-34(29)38)21-35-33(36)25-41(40-35)26-48-18-19-50(3,4)5/h6-17,21-22,25H,18-20,23-24,26H2,1-5H3,(H,39,43). The molecule has 4 aromatic carbocycles. The van der Waals surface area contributed by atoms with Crippen LogP contribution in [0.3, 0.4) is 0 Å². The fraction of sp³-hybridized carbons (Fsp3) is 0.297. The summed E-state index contributed by atoms with van der Waals surface area (Å²) in [6.07, 6.45) is 1.70. The fourth-order valence-electron chi connectivity index (χ4n) is 5.28. The SMILES string of the molecule is COc1ccc(CN(Cc2ccc(OC)cc2)S(=O)(=O)c2cc(NC(=O)Cc3ccccc3Cl)cc3nn(COCC[Si](C)(C)C)cc23)cc1. The monoisotopic (exact) mass is 734 g/mol. The van der Waals surface area contributed by atoms with Gasteiger partial charge in [-0.2, -0.15) is 9.40 Å². The second-order valence-corrected chi connectivity index (χ2v) is 21.1. The van der Waals surface area contributed by atoms with Crippen LogP contribution in [0.15, 0.2) is 96.0 Å². The lowest BCUT2D eigenvalue weighted by molar-refractivity contribution is -0.115. The quantitative estimate of drug-likeness (QED) is 0.0822. The first-order chi connectivity index (χ1) is 23.8. The van der Waals surface area contributed by atoms with Crippen LogP contribution in [0.5, 0.6) is 11.5 Å². The molecule has 5 aromatic rings. The van der Waals surface area contributed by atoms with E-state index in [9.17, 15) is 13.2 Å². The number of halogens is 1. The summed E-state index contributed by atoms with van der Waals surface area (Å²) < 4.78 is 49.3. The number of methoxy groups -OCH3 is 2. The molecule has 0 unspecified atom stereocenters. The number of anilines is 1. The summed E-state index contributed by atoms with van der Waals surface area (Å²) in [6.45, 7) is 7.74. The Kier molecular flexibility index (Phi) is 12.0. The molecule has 10 nitrogen and oxygen atoms in total. The van der Waals surface area contributed by atoms with E-state index in [-0.39, 0.29) is 37.0 Å². The van der Waals surface area contributed by atoms with Crippen molar-refractivity contribution in [3.8, 4) is 11.5 Å². The van der Waals surface area contributed by atoms with Gasteiger partial charge in [0, 0.05) is 50.1 Å². The zero-order valence-electron chi connectivity index (χ0n) is 29.0. The number of hydrogen-bond acceptors (Lipinski definition) is 7. The number of sulfonamides is 1. The first kappa shape index (κ1) is 37.1. The molecule has 1 heterocycles. The van der Waals surface area contributed by atoms with E-state index in [1.807, 2.05) is 30.3 Å². The molecule has 0 spiro atoms. The number of nitrogens with one attached hydrogen (secondary N) is 1. The Morgan fingerprint density at radius 3 is 2.06 bits per heavy atom. The highest BCUT2D eigenvalue weighted by molar-refractivity contribution is 7.89. The van der Waals surface area contributed by atoms with Crippen molar-refractivity contribution in [3.05, 3.63) is 113 Å². The molecule has 5 rings (SSSR count). The molecule has 0 aliphatic carbocycles. The number of aromatic nitrogens is 2. The third kappa shape index (κ3) is 9.73. The molecule has 1 amide bonds. The number of ether oxygens (including phenoxy) is 3. The topological polar surface area (TPSA) is 112 Å². The molecule has 264 valence electrons. The van der Waals surface area contributed by atoms with Crippen LogP contribution in [-0.4, -0.2) is 57.3 Å². The Hall–Kier alpha value is -4.20. The maximum atomic E-state index is 14.8. The van der Waals surface area contributed by atoms with E-state index in [2.05, 4.69) is 30.1 Å². The maximum absolute atomic E-state index is 14.8. The summed E-state index contributed by atoms with van der Waals surface area (Å²) in [7, 11) is -2.34.